The van der Waals surface area contributed by atoms with E-state index in [-0.39, 0.29) is 17.9 Å². The van der Waals surface area contributed by atoms with Crippen LogP contribution in [-0.2, 0) is 36.8 Å². The van der Waals surface area contributed by atoms with Gasteiger partial charge >= 0.3 is 5.97 Å². The number of amides is 1. The van der Waals surface area contributed by atoms with Gasteiger partial charge in [0, 0.05) is 25.8 Å². The second-order valence-electron chi connectivity index (χ2n) is 9.65. The molecule has 172 valence electrons. The number of hydrogen-bond donors (Lipinski definition) is 0. The molecule has 0 aromatic heterocycles. The lowest BCUT2D eigenvalue weighted by Gasteiger charge is -2.39. The SMILES string of the molecule is CCOC(=O)[C@@H](OC(C)(C)C)c1c(C)c(C)c2c(c1C)CC(=O)N(C1CCOCC1)C2. The number of fused-ring (bicyclic) bond motifs is 1. The summed E-state index contributed by atoms with van der Waals surface area (Å²) in [5.41, 5.74) is 5.72. The Labute approximate surface area is 186 Å². The fourth-order valence-electron chi connectivity index (χ4n) is 4.81. The van der Waals surface area contributed by atoms with Crippen molar-refractivity contribution in [2.75, 3.05) is 19.8 Å². The summed E-state index contributed by atoms with van der Waals surface area (Å²) in [6.07, 6.45) is 1.33. The highest BCUT2D eigenvalue weighted by atomic mass is 16.6. The monoisotopic (exact) mass is 431 g/mol. The highest BCUT2D eigenvalue weighted by Crippen LogP contribution is 2.38. The van der Waals surface area contributed by atoms with Gasteiger partial charge in [0.2, 0.25) is 5.91 Å². The van der Waals surface area contributed by atoms with E-state index in [0.29, 0.717) is 32.8 Å². The van der Waals surface area contributed by atoms with Gasteiger partial charge < -0.3 is 19.1 Å². The van der Waals surface area contributed by atoms with Crippen LogP contribution in [0, 0.1) is 20.8 Å². The molecule has 2 aliphatic heterocycles. The van der Waals surface area contributed by atoms with Gasteiger partial charge in [0.15, 0.2) is 6.10 Å². The zero-order valence-corrected chi connectivity index (χ0v) is 20.1. The molecule has 0 radical (unpaired) electrons. The Hall–Kier alpha value is -1.92. The van der Waals surface area contributed by atoms with E-state index in [2.05, 4.69) is 6.92 Å². The van der Waals surface area contributed by atoms with E-state index in [9.17, 15) is 9.59 Å². The van der Waals surface area contributed by atoms with Gasteiger partial charge in [-0.25, -0.2) is 4.79 Å². The van der Waals surface area contributed by atoms with Gasteiger partial charge in [-0.3, -0.25) is 4.79 Å². The Morgan fingerprint density at radius 3 is 2.32 bits per heavy atom. The van der Waals surface area contributed by atoms with Crippen LogP contribution < -0.4 is 0 Å². The molecule has 6 nitrogen and oxygen atoms in total. The van der Waals surface area contributed by atoms with E-state index in [1.54, 1.807) is 6.92 Å². The second-order valence-corrected chi connectivity index (χ2v) is 9.65. The van der Waals surface area contributed by atoms with E-state index < -0.39 is 11.7 Å². The molecule has 3 rings (SSSR count). The Kier molecular flexibility index (Phi) is 7.11. The maximum absolute atomic E-state index is 13.1. The summed E-state index contributed by atoms with van der Waals surface area (Å²) in [6, 6.07) is 0.241. The molecule has 0 N–H and O–H groups in total. The van der Waals surface area contributed by atoms with Crippen molar-refractivity contribution in [1.82, 2.24) is 4.90 Å². The largest absolute Gasteiger partial charge is 0.464 e. The van der Waals surface area contributed by atoms with Crippen LogP contribution in [0.3, 0.4) is 0 Å². The minimum Gasteiger partial charge on any atom is -0.464 e. The standard InChI is InChI=1S/C25H37NO5/c1-8-30-24(28)23(31-25(5,6)7)22-16(3)15(2)20-14-26(18-9-11-29-12-10-18)21(27)13-19(20)17(22)4/h18,23H,8-14H2,1-7H3/t23-/m0/s1. The number of hydrogen-bond acceptors (Lipinski definition) is 5. The molecule has 1 fully saturated rings. The van der Waals surface area contributed by atoms with Crippen LogP contribution in [0.15, 0.2) is 0 Å². The molecule has 0 saturated carbocycles. The number of ether oxygens (including phenoxy) is 3. The van der Waals surface area contributed by atoms with Crippen LogP contribution in [0.2, 0.25) is 0 Å². The number of carbonyl (C=O) groups is 2. The third-order valence-electron chi connectivity index (χ3n) is 6.48. The quantitative estimate of drug-likeness (QED) is 0.657. The van der Waals surface area contributed by atoms with Crippen molar-refractivity contribution in [2.24, 2.45) is 0 Å². The highest BCUT2D eigenvalue weighted by molar-refractivity contribution is 5.84. The minimum atomic E-state index is -0.812. The Morgan fingerprint density at radius 2 is 1.74 bits per heavy atom. The summed E-state index contributed by atoms with van der Waals surface area (Å²) in [6.45, 7) is 16.1. The molecule has 0 aliphatic carbocycles. The lowest BCUT2D eigenvalue weighted by atomic mass is 9.82. The van der Waals surface area contributed by atoms with Gasteiger partial charge in [0.05, 0.1) is 18.6 Å². The Balaban J connectivity index is 2.05. The van der Waals surface area contributed by atoms with Crippen LogP contribution in [0.5, 0.6) is 0 Å². The average molecular weight is 432 g/mol. The van der Waals surface area contributed by atoms with E-state index in [4.69, 9.17) is 14.2 Å². The summed E-state index contributed by atoms with van der Waals surface area (Å²) in [7, 11) is 0. The van der Waals surface area contributed by atoms with Gasteiger partial charge in [-0.2, -0.15) is 0 Å². The molecular formula is C25H37NO5. The average Bonchev–Trinajstić information content (AvgIpc) is 2.71. The van der Waals surface area contributed by atoms with Crippen molar-refractivity contribution in [2.45, 2.75) is 92.0 Å². The fourth-order valence-corrected chi connectivity index (χ4v) is 4.81. The lowest BCUT2D eigenvalue weighted by Crippen LogP contribution is -2.46. The molecule has 1 atom stereocenters. The summed E-state index contributed by atoms with van der Waals surface area (Å²) < 4.78 is 17.1. The molecule has 0 spiro atoms. The minimum absolute atomic E-state index is 0.154. The molecule has 0 unspecified atom stereocenters. The topological polar surface area (TPSA) is 65.1 Å². The zero-order valence-electron chi connectivity index (χ0n) is 20.1. The first-order chi connectivity index (χ1) is 14.5. The molecule has 1 aromatic carbocycles. The summed E-state index contributed by atoms with van der Waals surface area (Å²) in [5, 5.41) is 0. The molecular weight excluding hydrogens is 394 g/mol. The van der Waals surface area contributed by atoms with Crippen molar-refractivity contribution in [3.63, 3.8) is 0 Å². The number of benzene rings is 1. The fraction of sp³-hybridized carbons (Fsp3) is 0.680. The summed E-state index contributed by atoms with van der Waals surface area (Å²) in [4.78, 5) is 28.0. The number of carbonyl (C=O) groups excluding carboxylic acids is 2. The smallest absolute Gasteiger partial charge is 0.339 e. The van der Waals surface area contributed by atoms with E-state index >= 15 is 0 Å². The first-order valence-electron chi connectivity index (χ1n) is 11.4. The molecule has 1 saturated heterocycles. The first-order valence-corrected chi connectivity index (χ1v) is 11.4. The van der Waals surface area contributed by atoms with Crippen molar-refractivity contribution < 1.29 is 23.8 Å². The second kappa shape index (κ2) is 9.29. The van der Waals surface area contributed by atoms with Gasteiger partial charge in [-0.05, 0) is 94.7 Å². The van der Waals surface area contributed by atoms with E-state index in [0.717, 1.165) is 40.7 Å². The third-order valence-corrected chi connectivity index (χ3v) is 6.48. The molecule has 1 aromatic rings. The molecule has 31 heavy (non-hydrogen) atoms. The predicted octanol–water partition coefficient (Wildman–Crippen LogP) is 4.09. The molecule has 0 bridgehead atoms. The Morgan fingerprint density at radius 1 is 1.10 bits per heavy atom. The van der Waals surface area contributed by atoms with Crippen molar-refractivity contribution in [3.8, 4) is 0 Å². The van der Waals surface area contributed by atoms with Crippen LogP contribution >= 0.6 is 0 Å². The number of esters is 1. The van der Waals surface area contributed by atoms with Crippen LogP contribution in [0.1, 0.15) is 80.0 Å². The van der Waals surface area contributed by atoms with Crippen LogP contribution in [0.25, 0.3) is 0 Å². The molecule has 2 aliphatic rings. The number of nitrogens with zero attached hydrogens (tertiary/aromatic N) is 1. The summed E-state index contributed by atoms with van der Waals surface area (Å²) >= 11 is 0. The maximum Gasteiger partial charge on any atom is 0.339 e. The molecule has 1 amide bonds. The van der Waals surface area contributed by atoms with Gasteiger partial charge in [0.1, 0.15) is 0 Å². The lowest BCUT2D eigenvalue weighted by molar-refractivity contribution is -0.167. The van der Waals surface area contributed by atoms with E-state index in [1.165, 1.54) is 5.56 Å². The van der Waals surface area contributed by atoms with Gasteiger partial charge in [-0.15, -0.1) is 0 Å². The van der Waals surface area contributed by atoms with E-state index in [1.807, 2.05) is 39.5 Å². The van der Waals surface area contributed by atoms with Crippen molar-refractivity contribution in [1.29, 1.82) is 0 Å². The third kappa shape index (κ3) is 4.96. The predicted molar refractivity (Wildman–Crippen MR) is 119 cm³/mol. The molecule has 2 heterocycles. The molecule has 6 heteroatoms. The van der Waals surface area contributed by atoms with Gasteiger partial charge in [0.25, 0.3) is 0 Å². The summed E-state index contributed by atoms with van der Waals surface area (Å²) in [5.74, 6) is -0.227. The normalized spacial score (nSPS) is 18.7. The Bertz CT molecular complexity index is 849. The first kappa shape index (κ1) is 23.7. The van der Waals surface area contributed by atoms with Gasteiger partial charge in [-0.1, -0.05) is 0 Å². The zero-order chi connectivity index (χ0) is 22.9. The number of rotatable bonds is 5. The van der Waals surface area contributed by atoms with Crippen molar-refractivity contribution >= 4 is 11.9 Å². The van der Waals surface area contributed by atoms with Crippen LogP contribution in [-0.4, -0.2) is 48.2 Å². The van der Waals surface area contributed by atoms with Crippen molar-refractivity contribution in [3.05, 3.63) is 33.4 Å². The van der Waals surface area contributed by atoms with Crippen LogP contribution in [0.4, 0.5) is 0 Å². The highest BCUT2D eigenvalue weighted by Gasteiger charge is 2.37. The maximum atomic E-state index is 13.1.